The van der Waals surface area contributed by atoms with Crippen LogP contribution in [0.1, 0.15) is 25.7 Å². The molecule has 29 heavy (non-hydrogen) atoms. The van der Waals surface area contributed by atoms with Gasteiger partial charge in [-0.2, -0.15) is 4.37 Å². The van der Waals surface area contributed by atoms with Crippen molar-refractivity contribution < 1.29 is 22.7 Å². The number of aromatic nitrogens is 1. The summed E-state index contributed by atoms with van der Waals surface area (Å²) in [6.07, 6.45) is 1.03. The summed E-state index contributed by atoms with van der Waals surface area (Å²) < 4.78 is 44.9. The quantitative estimate of drug-likeness (QED) is 0.653. The van der Waals surface area contributed by atoms with Crippen LogP contribution in [0.15, 0.2) is 41.4 Å². The van der Waals surface area contributed by atoms with Crippen molar-refractivity contribution in [2.75, 3.05) is 18.4 Å². The predicted octanol–water partition coefficient (Wildman–Crippen LogP) is 5.61. The number of hydrogen-bond donors (Lipinski definition) is 1. The molecule has 1 aromatic heterocycles. The molecule has 0 atom stereocenters. The number of halogens is 3. The number of nitrogens with one attached hydrogen (secondary N) is 1. The lowest BCUT2D eigenvalue weighted by Crippen LogP contribution is -2.43. The van der Waals surface area contributed by atoms with Gasteiger partial charge in [-0.3, -0.25) is 5.32 Å². The van der Waals surface area contributed by atoms with Crippen molar-refractivity contribution in [2.24, 2.45) is 5.92 Å². The third-order valence-electron chi connectivity index (χ3n) is 5.32. The van der Waals surface area contributed by atoms with Gasteiger partial charge in [-0.25, -0.2) is 4.79 Å². The molecule has 4 rings (SSSR count). The molecule has 2 heterocycles. The number of thioether (sulfide) groups is 1. The monoisotopic (exact) mass is 443 g/mol. The first kappa shape index (κ1) is 20.3. The number of carbonyl (C=O) groups excluding carboxylic acids is 1. The molecule has 5 nitrogen and oxygen atoms in total. The standard InChI is InChI=1S/C19H20F3N3O2S2/c20-19(21,22)27-14-1-3-15(4-2-14)28-18(8-9-18)13-6-11-25(12-7-13)17(26)24-16-5-10-23-29-16/h1-5,10,13H,6-9,11-12H2,(H,24,26). The molecule has 1 saturated heterocycles. The molecule has 10 heteroatoms. The van der Waals surface area contributed by atoms with Gasteiger partial charge >= 0.3 is 12.4 Å². The lowest BCUT2D eigenvalue weighted by Gasteiger charge is -2.36. The lowest BCUT2D eigenvalue weighted by atomic mass is 9.91. The summed E-state index contributed by atoms with van der Waals surface area (Å²) in [5, 5.41) is 3.61. The van der Waals surface area contributed by atoms with Gasteiger partial charge in [0.2, 0.25) is 0 Å². The maximum atomic E-state index is 12.4. The highest BCUT2D eigenvalue weighted by Crippen LogP contribution is 2.59. The van der Waals surface area contributed by atoms with Crippen LogP contribution in [0.2, 0.25) is 0 Å². The number of hydrogen-bond acceptors (Lipinski definition) is 5. The third-order valence-corrected chi connectivity index (χ3v) is 7.63. The molecule has 1 N–H and O–H groups in total. The minimum atomic E-state index is -4.67. The normalized spacial score (nSPS) is 19.1. The van der Waals surface area contributed by atoms with Gasteiger partial charge in [0.1, 0.15) is 10.8 Å². The summed E-state index contributed by atoms with van der Waals surface area (Å²) in [7, 11) is 0. The van der Waals surface area contributed by atoms with Crippen molar-refractivity contribution in [1.29, 1.82) is 0 Å². The van der Waals surface area contributed by atoms with E-state index in [0.29, 0.717) is 19.0 Å². The zero-order chi connectivity index (χ0) is 20.5. The molecule has 1 aromatic carbocycles. The molecule has 2 fully saturated rings. The zero-order valence-corrected chi connectivity index (χ0v) is 17.1. The van der Waals surface area contributed by atoms with Gasteiger partial charge < -0.3 is 9.64 Å². The average molecular weight is 444 g/mol. The summed E-state index contributed by atoms with van der Waals surface area (Å²) in [4.78, 5) is 15.1. The largest absolute Gasteiger partial charge is 0.573 e. The molecule has 156 valence electrons. The Morgan fingerprint density at radius 1 is 1.21 bits per heavy atom. The first-order valence-electron chi connectivity index (χ1n) is 9.34. The van der Waals surface area contributed by atoms with Gasteiger partial charge in [0.15, 0.2) is 0 Å². The summed E-state index contributed by atoms with van der Waals surface area (Å²) in [6.45, 7) is 1.41. The van der Waals surface area contributed by atoms with Crippen LogP contribution in [0, 0.1) is 5.92 Å². The Bertz CT molecular complexity index is 831. The van der Waals surface area contributed by atoms with Crippen LogP contribution >= 0.6 is 23.3 Å². The van der Waals surface area contributed by atoms with Crippen molar-refractivity contribution in [3.63, 3.8) is 0 Å². The molecular weight excluding hydrogens is 423 g/mol. The number of anilines is 1. The van der Waals surface area contributed by atoms with Crippen LogP contribution in [0.25, 0.3) is 0 Å². The molecular formula is C19H20F3N3O2S2. The maximum Gasteiger partial charge on any atom is 0.573 e. The van der Waals surface area contributed by atoms with Crippen LogP contribution in [-0.4, -0.2) is 39.5 Å². The fourth-order valence-electron chi connectivity index (χ4n) is 3.73. The number of nitrogens with zero attached hydrogens (tertiary/aromatic N) is 2. The maximum absolute atomic E-state index is 12.4. The Labute approximate surface area is 174 Å². The molecule has 1 aliphatic carbocycles. The molecule has 1 saturated carbocycles. The van der Waals surface area contributed by atoms with Gasteiger partial charge in [-0.15, -0.1) is 24.9 Å². The van der Waals surface area contributed by atoms with E-state index in [4.69, 9.17) is 0 Å². The summed E-state index contributed by atoms with van der Waals surface area (Å²) in [5.74, 6) is 0.290. The Balaban J connectivity index is 1.30. The Morgan fingerprint density at radius 2 is 1.90 bits per heavy atom. The SMILES string of the molecule is O=C(Nc1ccns1)N1CCC(C2(Sc3ccc(OC(F)(F)F)cc3)CC2)CC1. The number of urea groups is 1. The van der Waals surface area contributed by atoms with Crippen LogP contribution in [0.4, 0.5) is 23.0 Å². The minimum absolute atomic E-state index is 0.0922. The van der Waals surface area contributed by atoms with E-state index in [2.05, 4.69) is 14.4 Å². The Morgan fingerprint density at radius 3 is 2.45 bits per heavy atom. The van der Waals surface area contributed by atoms with E-state index in [-0.39, 0.29) is 16.5 Å². The number of likely N-dealkylation sites (tertiary alicyclic amines) is 1. The fourth-order valence-corrected chi connectivity index (χ4v) is 5.67. The van der Waals surface area contributed by atoms with E-state index in [0.717, 1.165) is 35.6 Å². The Kier molecular flexibility index (Phi) is 5.65. The average Bonchev–Trinajstić information content (AvgIpc) is 3.28. The first-order chi connectivity index (χ1) is 13.8. The van der Waals surface area contributed by atoms with Crippen molar-refractivity contribution in [2.45, 2.75) is 41.7 Å². The number of carbonyl (C=O) groups is 1. The summed E-state index contributed by atoms with van der Waals surface area (Å²) in [6, 6.07) is 7.77. The number of ether oxygens (including phenoxy) is 1. The van der Waals surface area contributed by atoms with Crippen molar-refractivity contribution in [1.82, 2.24) is 9.27 Å². The second kappa shape index (κ2) is 8.06. The number of benzene rings is 1. The second-order valence-electron chi connectivity index (χ2n) is 7.25. The highest BCUT2D eigenvalue weighted by molar-refractivity contribution is 8.01. The number of alkyl halides is 3. The summed E-state index contributed by atoms with van der Waals surface area (Å²) >= 11 is 2.99. The molecule has 0 spiro atoms. The lowest BCUT2D eigenvalue weighted by molar-refractivity contribution is -0.274. The van der Waals surface area contributed by atoms with Crippen LogP contribution in [-0.2, 0) is 0 Å². The predicted molar refractivity (Wildman–Crippen MR) is 106 cm³/mol. The highest BCUT2D eigenvalue weighted by Gasteiger charge is 2.50. The Hall–Kier alpha value is -1.94. The van der Waals surface area contributed by atoms with Crippen molar-refractivity contribution in [3.05, 3.63) is 36.5 Å². The molecule has 0 radical (unpaired) electrons. The molecule has 2 amide bonds. The van der Waals surface area contributed by atoms with E-state index in [9.17, 15) is 18.0 Å². The van der Waals surface area contributed by atoms with Crippen LogP contribution in [0.5, 0.6) is 5.75 Å². The van der Waals surface area contributed by atoms with Crippen LogP contribution < -0.4 is 10.1 Å². The molecule has 2 aromatic rings. The van der Waals surface area contributed by atoms with E-state index in [1.165, 1.54) is 23.7 Å². The zero-order valence-electron chi connectivity index (χ0n) is 15.4. The molecule has 0 bridgehead atoms. The van der Waals surface area contributed by atoms with Crippen molar-refractivity contribution >= 4 is 34.3 Å². The van der Waals surface area contributed by atoms with E-state index in [1.807, 2.05) is 4.90 Å². The van der Waals surface area contributed by atoms with E-state index >= 15 is 0 Å². The second-order valence-corrected chi connectivity index (χ2v) is 9.58. The first-order valence-corrected chi connectivity index (χ1v) is 10.9. The molecule has 1 aliphatic heterocycles. The molecule has 0 unspecified atom stereocenters. The summed E-state index contributed by atoms with van der Waals surface area (Å²) in [5.41, 5.74) is 0. The molecule has 2 aliphatic rings. The fraction of sp³-hybridized carbons (Fsp3) is 0.474. The van der Waals surface area contributed by atoms with Gasteiger partial charge in [0.25, 0.3) is 0 Å². The smallest absolute Gasteiger partial charge is 0.406 e. The topological polar surface area (TPSA) is 54.5 Å². The van der Waals surface area contributed by atoms with Gasteiger partial charge in [-0.05, 0) is 73.5 Å². The van der Waals surface area contributed by atoms with Gasteiger partial charge in [-0.1, -0.05) is 0 Å². The number of rotatable bonds is 5. The van der Waals surface area contributed by atoms with E-state index in [1.54, 1.807) is 36.2 Å². The third kappa shape index (κ3) is 5.16. The number of amides is 2. The van der Waals surface area contributed by atoms with Crippen molar-refractivity contribution in [3.8, 4) is 5.75 Å². The van der Waals surface area contributed by atoms with Gasteiger partial charge in [0.05, 0.1) is 0 Å². The minimum Gasteiger partial charge on any atom is -0.406 e. The number of piperidine rings is 1. The van der Waals surface area contributed by atoms with E-state index < -0.39 is 6.36 Å². The highest BCUT2D eigenvalue weighted by atomic mass is 32.2. The van der Waals surface area contributed by atoms with Gasteiger partial charge in [0, 0.05) is 28.9 Å². The van der Waals surface area contributed by atoms with Crippen LogP contribution in [0.3, 0.4) is 0 Å².